The van der Waals surface area contributed by atoms with E-state index in [-0.39, 0.29) is 0 Å². The Morgan fingerprint density at radius 2 is 1.17 bits per heavy atom. The molecule has 2 aliphatic carbocycles. The van der Waals surface area contributed by atoms with Gasteiger partial charge in [-0.1, -0.05) is 84.7 Å². The average Bonchev–Trinajstić information content (AvgIpc) is 2.68. The summed E-state index contributed by atoms with van der Waals surface area (Å²) in [5, 5.41) is 1.30. The van der Waals surface area contributed by atoms with Gasteiger partial charge in [0, 0.05) is 0 Å². The summed E-state index contributed by atoms with van der Waals surface area (Å²) in [6.07, 6.45) is 8.25. The Morgan fingerprint density at radius 1 is 0.733 bits per heavy atom. The molecule has 0 aliphatic heterocycles. The second-order valence-corrected chi connectivity index (χ2v) is 14.2. The third-order valence-corrected chi connectivity index (χ3v) is 10.9. The molecule has 0 saturated heterocycles. The van der Waals surface area contributed by atoms with Crippen LogP contribution in [0.2, 0.25) is 6.55 Å². The minimum atomic E-state index is -2.53. The van der Waals surface area contributed by atoms with Gasteiger partial charge in [0.15, 0.2) is 0 Å². The first-order valence-corrected chi connectivity index (χ1v) is 14.9. The van der Waals surface area contributed by atoms with Crippen LogP contribution in [-0.4, -0.2) is 20.8 Å². The minimum absolute atomic E-state index is 0.323. The Balaban J connectivity index is 1.89. The number of benzene rings is 1. The normalized spacial score (nSPS) is 34.8. The molecule has 0 aromatic heterocycles. The topological polar surface area (TPSA) is 18.5 Å². The Labute approximate surface area is 187 Å². The predicted molar refractivity (Wildman–Crippen MR) is 130 cm³/mol. The van der Waals surface area contributed by atoms with Crippen LogP contribution in [0.4, 0.5) is 0 Å². The van der Waals surface area contributed by atoms with E-state index in [0.717, 1.165) is 11.8 Å². The van der Waals surface area contributed by atoms with Crippen molar-refractivity contribution in [2.75, 3.05) is 0 Å². The molecule has 0 radical (unpaired) electrons. The molecule has 1 aromatic carbocycles. The zero-order valence-electron chi connectivity index (χ0n) is 20.6. The van der Waals surface area contributed by atoms with Crippen LogP contribution in [0.1, 0.15) is 80.1 Å². The highest BCUT2D eigenvalue weighted by Gasteiger charge is 2.45. The van der Waals surface area contributed by atoms with Crippen molar-refractivity contribution < 1.29 is 8.85 Å². The van der Waals surface area contributed by atoms with Gasteiger partial charge < -0.3 is 8.85 Å². The standard InChI is InChI=1S/C27H46O2Si/c1-19(2)24-15-13-21(5)17-26(24)28-30(7,23-11-9-8-10-12-23)29-27-18-22(6)14-16-25(27)20(3)4/h8-12,19-22,24-27H,13-18H2,1-7H3. The molecule has 2 saturated carbocycles. The molecule has 2 fully saturated rings. The largest absolute Gasteiger partial charge is 0.388 e. The molecule has 0 amide bonds. The van der Waals surface area contributed by atoms with E-state index >= 15 is 0 Å². The molecule has 0 N–H and O–H groups in total. The van der Waals surface area contributed by atoms with Crippen molar-refractivity contribution in [1.29, 1.82) is 0 Å². The molecular weight excluding hydrogens is 384 g/mol. The molecule has 1 aromatic rings. The first kappa shape index (κ1) is 24.0. The average molecular weight is 431 g/mol. The third kappa shape index (κ3) is 5.78. The van der Waals surface area contributed by atoms with E-state index in [0.29, 0.717) is 35.9 Å². The molecule has 3 heteroatoms. The summed E-state index contributed by atoms with van der Waals surface area (Å²) in [5.41, 5.74) is 0. The molecule has 6 unspecified atom stereocenters. The molecule has 0 heterocycles. The first-order valence-electron chi connectivity index (χ1n) is 12.6. The molecule has 3 rings (SSSR count). The van der Waals surface area contributed by atoms with E-state index in [1.54, 1.807) is 0 Å². The van der Waals surface area contributed by atoms with Gasteiger partial charge in [-0.2, -0.15) is 0 Å². The smallest absolute Gasteiger partial charge is 0.369 e. The summed E-state index contributed by atoms with van der Waals surface area (Å²) in [5.74, 6) is 4.11. The minimum Gasteiger partial charge on any atom is -0.388 e. The second kappa shape index (κ2) is 10.3. The fourth-order valence-electron chi connectivity index (χ4n) is 5.98. The Morgan fingerprint density at radius 3 is 1.57 bits per heavy atom. The zero-order valence-corrected chi connectivity index (χ0v) is 21.6. The van der Waals surface area contributed by atoms with Crippen LogP contribution < -0.4 is 5.19 Å². The molecule has 0 bridgehead atoms. The SMILES string of the molecule is CC1CCC(C(C)C)C(O[Si](C)(OC2CC(C)CCC2C(C)C)c2ccccc2)C1. The summed E-state index contributed by atoms with van der Waals surface area (Å²) in [4.78, 5) is 0. The lowest BCUT2D eigenvalue weighted by Crippen LogP contribution is -2.58. The Kier molecular flexibility index (Phi) is 8.26. The highest BCUT2D eigenvalue weighted by Crippen LogP contribution is 2.40. The summed E-state index contributed by atoms with van der Waals surface area (Å²) in [6.45, 7) is 16.6. The van der Waals surface area contributed by atoms with Crippen molar-refractivity contribution in [2.45, 2.75) is 98.8 Å². The Bertz CT molecular complexity index is 610. The predicted octanol–water partition coefficient (Wildman–Crippen LogP) is 6.92. The van der Waals surface area contributed by atoms with Crippen LogP contribution >= 0.6 is 0 Å². The maximum absolute atomic E-state index is 7.19. The van der Waals surface area contributed by atoms with Crippen LogP contribution in [0.25, 0.3) is 0 Å². The van der Waals surface area contributed by atoms with Crippen molar-refractivity contribution in [3.63, 3.8) is 0 Å². The van der Waals surface area contributed by atoms with Gasteiger partial charge in [-0.25, -0.2) is 0 Å². The molecule has 0 spiro atoms. The van der Waals surface area contributed by atoms with Crippen LogP contribution in [0.15, 0.2) is 30.3 Å². The quantitative estimate of drug-likeness (QED) is 0.437. The molecule has 2 nitrogen and oxygen atoms in total. The van der Waals surface area contributed by atoms with Crippen LogP contribution in [0.5, 0.6) is 0 Å². The van der Waals surface area contributed by atoms with Crippen LogP contribution in [0, 0.1) is 35.5 Å². The lowest BCUT2D eigenvalue weighted by atomic mass is 9.75. The van der Waals surface area contributed by atoms with Crippen molar-refractivity contribution in [1.82, 2.24) is 0 Å². The lowest BCUT2D eigenvalue weighted by Gasteiger charge is -2.45. The number of hydrogen-bond donors (Lipinski definition) is 0. The summed E-state index contributed by atoms with van der Waals surface area (Å²) >= 11 is 0. The highest BCUT2D eigenvalue weighted by molar-refractivity contribution is 6.80. The van der Waals surface area contributed by atoms with Crippen molar-refractivity contribution >= 4 is 13.7 Å². The monoisotopic (exact) mass is 430 g/mol. The molecule has 6 atom stereocenters. The van der Waals surface area contributed by atoms with Gasteiger partial charge in [0.05, 0.1) is 12.2 Å². The Hall–Kier alpha value is -0.643. The van der Waals surface area contributed by atoms with Crippen LogP contribution in [0.3, 0.4) is 0 Å². The molecule has 2 aliphatic rings. The fourth-order valence-corrected chi connectivity index (χ4v) is 8.81. The lowest BCUT2D eigenvalue weighted by molar-refractivity contribution is -0.0205. The first-order chi connectivity index (χ1) is 14.2. The zero-order chi connectivity index (χ0) is 21.9. The molecule has 170 valence electrons. The number of hydrogen-bond acceptors (Lipinski definition) is 2. The maximum Gasteiger partial charge on any atom is 0.369 e. The third-order valence-electron chi connectivity index (χ3n) is 7.97. The summed E-state index contributed by atoms with van der Waals surface area (Å²) in [7, 11) is -2.53. The van der Waals surface area contributed by atoms with E-state index < -0.39 is 8.56 Å². The van der Waals surface area contributed by atoms with Crippen LogP contribution in [-0.2, 0) is 8.85 Å². The van der Waals surface area contributed by atoms with Gasteiger partial charge in [0.1, 0.15) is 0 Å². The van der Waals surface area contributed by atoms with E-state index in [1.165, 1.54) is 43.7 Å². The van der Waals surface area contributed by atoms with Gasteiger partial charge in [-0.3, -0.25) is 0 Å². The summed E-state index contributed by atoms with van der Waals surface area (Å²) < 4.78 is 14.4. The van der Waals surface area contributed by atoms with E-state index in [4.69, 9.17) is 8.85 Å². The number of rotatable bonds is 7. The van der Waals surface area contributed by atoms with Gasteiger partial charge in [0.2, 0.25) is 0 Å². The van der Waals surface area contributed by atoms with Crippen molar-refractivity contribution in [2.24, 2.45) is 35.5 Å². The van der Waals surface area contributed by atoms with Gasteiger partial charge >= 0.3 is 8.56 Å². The van der Waals surface area contributed by atoms with E-state index in [9.17, 15) is 0 Å². The van der Waals surface area contributed by atoms with Gasteiger partial charge in [0.25, 0.3) is 0 Å². The highest BCUT2D eigenvalue weighted by atomic mass is 28.4. The van der Waals surface area contributed by atoms with Gasteiger partial charge in [-0.15, -0.1) is 0 Å². The van der Waals surface area contributed by atoms with Crippen molar-refractivity contribution in [3.8, 4) is 0 Å². The van der Waals surface area contributed by atoms with E-state index in [1.807, 2.05) is 0 Å². The van der Waals surface area contributed by atoms with Gasteiger partial charge in [-0.05, 0) is 72.9 Å². The summed E-state index contributed by atoms with van der Waals surface area (Å²) in [6, 6.07) is 10.9. The van der Waals surface area contributed by atoms with E-state index in [2.05, 4.69) is 78.4 Å². The molecular formula is C27H46O2Si. The fraction of sp³-hybridized carbons (Fsp3) is 0.778. The second-order valence-electron chi connectivity index (χ2n) is 11.3. The maximum atomic E-state index is 7.19. The molecule has 30 heavy (non-hydrogen) atoms. The van der Waals surface area contributed by atoms with Crippen molar-refractivity contribution in [3.05, 3.63) is 30.3 Å².